The number of nitrogens with one attached hydrogen (secondary N) is 1. The number of hydrogen-bond acceptors (Lipinski definition) is 5. The van der Waals surface area contributed by atoms with Gasteiger partial charge in [-0.3, -0.25) is 9.69 Å². The predicted molar refractivity (Wildman–Crippen MR) is 112 cm³/mol. The van der Waals surface area contributed by atoms with Crippen LogP contribution in [-0.2, 0) is 17.8 Å². The van der Waals surface area contributed by atoms with Crippen molar-refractivity contribution in [1.29, 1.82) is 0 Å². The molecule has 0 fully saturated rings. The third-order valence-corrected chi connectivity index (χ3v) is 6.25. The smallest absolute Gasteiger partial charge is 0.238 e. The first-order valence-corrected chi connectivity index (χ1v) is 10.2. The van der Waals surface area contributed by atoms with Gasteiger partial charge in [-0.25, -0.2) is 0 Å². The SMILES string of the molecule is COc1cc2c(cc1NC(=O)CN1CCc3sccc3C1)oc1ccccc12. The average Bonchev–Trinajstić information content (AvgIpc) is 3.30. The minimum atomic E-state index is -0.0487. The summed E-state index contributed by atoms with van der Waals surface area (Å²) < 4.78 is 11.5. The second-order valence-corrected chi connectivity index (χ2v) is 8.03. The maximum absolute atomic E-state index is 12.7. The maximum atomic E-state index is 12.7. The molecule has 4 aromatic rings. The summed E-state index contributed by atoms with van der Waals surface area (Å²) in [6.07, 6.45) is 1.01. The lowest BCUT2D eigenvalue weighted by Gasteiger charge is -2.26. The van der Waals surface area contributed by atoms with E-state index in [0.717, 1.165) is 41.4 Å². The summed E-state index contributed by atoms with van der Waals surface area (Å²) in [4.78, 5) is 16.3. The van der Waals surface area contributed by atoms with E-state index in [0.29, 0.717) is 18.0 Å². The third kappa shape index (κ3) is 3.04. The first-order chi connectivity index (χ1) is 13.7. The van der Waals surface area contributed by atoms with E-state index < -0.39 is 0 Å². The van der Waals surface area contributed by atoms with Gasteiger partial charge in [-0.05, 0) is 35.6 Å². The molecule has 0 aliphatic carbocycles. The molecule has 1 aliphatic rings. The molecule has 0 bridgehead atoms. The van der Waals surface area contributed by atoms with Crippen molar-refractivity contribution in [2.45, 2.75) is 13.0 Å². The molecule has 2 aromatic heterocycles. The Hall–Kier alpha value is -2.83. The molecule has 0 unspecified atom stereocenters. The molecular formula is C22H20N2O3S. The maximum Gasteiger partial charge on any atom is 0.238 e. The molecule has 0 saturated heterocycles. The summed E-state index contributed by atoms with van der Waals surface area (Å²) in [5.41, 5.74) is 3.53. The van der Waals surface area contributed by atoms with Crippen LogP contribution in [0.4, 0.5) is 5.69 Å². The van der Waals surface area contributed by atoms with Crippen LogP contribution in [0, 0.1) is 0 Å². The first kappa shape index (κ1) is 17.3. The van der Waals surface area contributed by atoms with Gasteiger partial charge >= 0.3 is 0 Å². The molecule has 5 nitrogen and oxygen atoms in total. The van der Waals surface area contributed by atoms with Crippen molar-refractivity contribution in [3.8, 4) is 5.75 Å². The van der Waals surface area contributed by atoms with Crippen molar-refractivity contribution in [2.75, 3.05) is 25.5 Å². The Morgan fingerprint density at radius 2 is 2.11 bits per heavy atom. The normalized spacial score (nSPS) is 14.3. The fourth-order valence-electron chi connectivity index (χ4n) is 3.85. The van der Waals surface area contributed by atoms with Crippen molar-refractivity contribution in [3.63, 3.8) is 0 Å². The summed E-state index contributed by atoms with van der Waals surface area (Å²) in [6.45, 7) is 2.09. The highest BCUT2D eigenvalue weighted by molar-refractivity contribution is 7.10. The van der Waals surface area contributed by atoms with Gasteiger partial charge in [0.15, 0.2) is 0 Å². The molecule has 3 heterocycles. The van der Waals surface area contributed by atoms with Crippen LogP contribution in [0.15, 0.2) is 52.3 Å². The van der Waals surface area contributed by atoms with Gasteiger partial charge in [0, 0.05) is 34.8 Å². The standard InChI is InChI=1S/C22H20N2O3S/c1-26-20-10-16-15-4-2-3-5-18(15)27-19(16)11-17(20)23-22(25)13-24-8-6-21-14(12-24)7-9-28-21/h2-5,7,9-11H,6,8,12-13H2,1H3,(H,23,25). The number of ether oxygens (including phenoxy) is 1. The van der Waals surface area contributed by atoms with E-state index in [9.17, 15) is 4.79 Å². The summed E-state index contributed by atoms with van der Waals surface area (Å²) in [6, 6.07) is 13.8. The van der Waals surface area contributed by atoms with Crippen LogP contribution in [0.2, 0.25) is 0 Å². The molecule has 28 heavy (non-hydrogen) atoms. The monoisotopic (exact) mass is 392 g/mol. The zero-order chi connectivity index (χ0) is 19.1. The summed E-state index contributed by atoms with van der Waals surface area (Å²) in [5, 5.41) is 7.14. The number of fused-ring (bicyclic) bond motifs is 4. The van der Waals surface area contributed by atoms with Gasteiger partial charge in [0.1, 0.15) is 16.9 Å². The highest BCUT2D eigenvalue weighted by atomic mass is 32.1. The van der Waals surface area contributed by atoms with Gasteiger partial charge < -0.3 is 14.5 Å². The molecule has 1 N–H and O–H groups in total. The number of anilines is 1. The van der Waals surface area contributed by atoms with E-state index in [4.69, 9.17) is 9.15 Å². The van der Waals surface area contributed by atoms with E-state index in [2.05, 4.69) is 21.7 Å². The first-order valence-electron chi connectivity index (χ1n) is 9.28. The fraction of sp³-hybridized carbons (Fsp3) is 0.227. The summed E-state index contributed by atoms with van der Waals surface area (Å²) in [5.74, 6) is 0.582. The number of benzene rings is 2. The second kappa shape index (κ2) is 6.96. The average molecular weight is 392 g/mol. The van der Waals surface area contributed by atoms with E-state index >= 15 is 0 Å². The number of hydrogen-bond donors (Lipinski definition) is 1. The molecule has 0 spiro atoms. The zero-order valence-corrected chi connectivity index (χ0v) is 16.3. The van der Waals surface area contributed by atoms with Gasteiger partial charge in [0.05, 0.1) is 19.3 Å². The largest absolute Gasteiger partial charge is 0.495 e. The Labute approximate surface area is 166 Å². The summed E-state index contributed by atoms with van der Waals surface area (Å²) in [7, 11) is 1.61. The number of furan rings is 1. The quantitative estimate of drug-likeness (QED) is 0.549. The van der Waals surface area contributed by atoms with E-state index in [-0.39, 0.29) is 5.91 Å². The second-order valence-electron chi connectivity index (χ2n) is 7.02. The lowest BCUT2D eigenvalue weighted by atomic mass is 10.1. The van der Waals surface area contributed by atoms with Crippen LogP contribution >= 0.6 is 11.3 Å². The van der Waals surface area contributed by atoms with Crippen LogP contribution in [0.25, 0.3) is 21.9 Å². The number of nitrogens with zero attached hydrogens (tertiary/aromatic N) is 1. The Morgan fingerprint density at radius 1 is 1.21 bits per heavy atom. The van der Waals surface area contributed by atoms with Crippen LogP contribution in [0.5, 0.6) is 5.75 Å². The van der Waals surface area contributed by atoms with Crippen LogP contribution < -0.4 is 10.1 Å². The molecule has 6 heteroatoms. The minimum Gasteiger partial charge on any atom is -0.495 e. The Balaban J connectivity index is 1.38. The highest BCUT2D eigenvalue weighted by Gasteiger charge is 2.20. The number of rotatable bonds is 4. The Morgan fingerprint density at radius 3 is 3.00 bits per heavy atom. The molecule has 0 radical (unpaired) electrons. The molecule has 2 aromatic carbocycles. The zero-order valence-electron chi connectivity index (χ0n) is 15.5. The van der Waals surface area contributed by atoms with Gasteiger partial charge in [-0.15, -0.1) is 11.3 Å². The van der Waals surface area contributed by atoms with E-state index in [1.54, 1.807) is 18.4 Å². The predicted octanol–water partition coefficient (Wildman–Crippen LogP) is 4.65. The Kier molecular flexibility index (Phi) is 4.30. The van der Waals surface area contributed by atoms with Gasteiger partial charge in [-0.2, -0.15) is 0 Å². The van der Waals surface area contributed by atoms with Crippen molar-refractivity contribution < 1.29 is 13.9 Å². The molecular weight excluding hydrogens is 372 g/mol. The molecule has 5 rings (SSSR count). The van der Waals surface area contributed by atoms with Crippen molar-refractivity contribution in [2.24, 2.45) is 0 Å². The summed E-state index contributed by atoms with van der Waals surface area (Å²) >= 11 is 1.80. The minimum absolute atomic E-state index is 0.0487. The number of methoxy groups -OCH3 is 1. The number of para-hydroxylation sites is 1. The fourth-order valence-corrected chi connectivity index (χ4v) is 4.74. The van der Waals surface area contributed by atoms with E-state index in [1.807, 2.05) is 36.4 Å². The number of amides is 1. The molecule has 0 atom stereocenters. The van der Waals surface area contributed by atoms with Gasteiger partial charge in [-0.1, -0.05) is 18.2 Å². The third-order valence-electron chi connectivity index (χ3n) is 5.23. The van der Waals surface area contributed by atoms with Crippen LogP contribution in [0.3, 0.4) is 0 Å². The topological polar surface area (TPSA) is 54.7 Å². The molecule has 1 aliphatic heterocycles. The number of carbonyl (C=O) groups is 1. The number of carbonyl (C=O) groups excluding carboxylic acids is 1. The van der Waals surface area contributed by atoms with Gasteiger partial charge in [0.25, 0.3) is 0 Å². The van der Waals surface area contributed by atoms with Crippen molar-refractivity contribution in [3.05, 3.63) is 58.3 Å². The van der Waals surface area contributed by atoms with Crippen molar-refractivity contribution >= 4 is 44.9 Å². The van der Waals surface area contributed by atoms with Crippen molar-refractivity contribution in [1.82, 2.24) is 4.90 Å². The highest BCUT2D eigenvalue weighted by Crippen LogP contribution is 2.36. The van der Waals surface area contributed by atoms with E-state index in [1.165, 1.54) is 10.4 Å². The Bertz CT molecular complexity index is 1180. The van der Waals surface area contributed by atoms with Crippen LogP contribution in [-0.4, -0.2) is 31.0 Å². The molecule has 142 valence electrons. The molecule has 0 saturated carbocycles. The number of thiophene rings is 1. The van der Waals surface area contributed by atoms with Crippen LogP contribution in [0.1, 0.15) is 10.4 Å². The van der Waals surface area contributed by atoms with Gasteiger partial charge in [0.2, 0.25) is 5.91 Å². The lowest BCUT2D eigenvalue weighted by molar-refractivity contribution is -0.117. The lowest BCUT2D eigenvalue weighted by Crippen LogP contribution is -2.36. The molecule has 1 amide bonds.